The first-order valence-electron chi connectivity index (χ1n) is 13.2. The topological polar surface area (TPSA) is 71.4 Å². The van der Waals surface area contributed by atoms with Gasteiger partial charge < -0.3 is 5.11 Å². The van der Waals surface area contributed by atoms with E-state index in [1.54, 1.807) is 42.5 Å². The van der Waals surface area contributed by atoms with Gasteiger partial charge in [0.15, 0.2) is 11.6 Å². The molecule has 0 radical (unpaired) electrons. The van der Waals surface area contributed by atoms with Gasteiger partial charge in [-0.05, 0) is 39.8 Å². The molecule has 5 rings (SSSR count). The minimum atomic E-state index is -1.08. The third kappa shape index (κ3) is 6.13. The van der Waals surface area contributed by atoms with Crippen LogP contribution in [0.15, 0.2) is 133 Å². The first-order valence-corrected chi connectivity index (χ1v) is 13.2. The third-order valence-corrected chi connectivity index (χ3v) is 7.12. The lowest BCUT2D eigenvalue weighted by Gasteiger charge is -2.19. The van der Waals surface area contributed by atoms with Gasteiger partial charge in [0.2, 0.25) is 0 Å². The molecule has 0 aliphatic carbocycles. The second-order valence-corrected chi connectivity index (χ2v) is 9.73. The Labute approximate surface area is 233 Å². The van der Waals surface area contributed by atoms with Gasteiger partial charge in [0.1, 0.15) is 0 Å². The lowest BCUT2D eigenvalue weighted by atomic mass is 9.83. The quantitative estimate of drug-likeness (QED) is 0.186. The van der Waals surface area contributed by atoms with Crippen LogP contribution in [0.2, 0.25) is 0 Å². The normalized spacial score (nSPS) is 10.8. The summed E-state index contributed by atoms with van der Waals surface area (Å²) in [5.41, 5.74) is 5.75. The van der Waals surface area contributed by atoms with Crippen LogP contribution in [-0.4, -0.2) is 22.6 Å². The number of carboxylic acids is 1. The summed E-state index contributed by atoms with van der Waals surface area (Å²) in [6.45, 7) is 0. The van der Waals surface area contributed by atoms with Crippen LogP contribution in [0.3, 0.4) is 0 Å². The minimum Gasteiger partial charge on any atom is -0.478 e. The molecule has 0 bridgehead atoms. The smallest absolute Gasteiger partial charge is 0.335 e. The summed E-state index contributed by atoms with van der Waals surface area (Å²) in [6, 6.07) is 41.2. The van der Waals surface area contributed by atoms with Gasteiger partial charge in [-0.25, -0.2) is 4.79 Å². The Balaban J connectivity index is 1.39. The molecule has 0 aromatic heterocycles. The lowest BCUT2D eigenvalue weighted by Crippen LogP contribution is -2.16. The summed E-state index contributed by atoms with van der Waals surface area (Å²) in [5, 5.41) is 9.82. The van der Waals surface area contributed by atoms with Crippen LogP contribution in [0.1, 0.15) is 55.4 Å². The van der Waals surface area contributed by atoms with Crippen molar-refractivity contribution in [2.45, 2.75) is 18.8 Å². The summed E-state index contributed by atoms with van der Waals surface area (Å²) < 4.78 is 0. The average Bonchev–Trinajstić information content (AvgIpc) is 3.01. The highest BCUT2D eigenvalue weighted by Gasteiger charge is 2.25. The van der Waals surface area contributed by atoms with Crippen molar-refractivity contribution in [3.8, 4) is 22.3 Å². The fourth-order valence-electron chi connectivity index (χ4n) is 4.98. The number of carbonyl (C=O) groups is 3. The minimum absolute atomic E-state index is 0.0167. The van der Waals surface area contributed by atoms with Gasteiger partial charge >= 0.3 is 5.97 Å². The Bertz CT molecular complexity index is 1520. The Hall–Kier alpha value is -5.09. The first kappa shape index (κ1) is 26.5. The molecular weight excluding hydrogens is 496 g/mol. The molecule has 5 aromatic rings. The third-order valence-electron chi connectivity index (χ3n) is 7.12. The fourth-order valence-corrected chi connectivity index (χ4v) is 4.98. The molecule has 0 saturated carbocycles. The zero-order valence-corrected chi connectivity index (χ0v) is 21.9. The lowest BCUT2D eigenvalue weighted by molar-refractivity contribution is 0.0692. The van der Waals surface area contributed by atoms with Crippen molar-refractivity contribution in [1.29, 1.82) is 0 Å². The number of Topliss-reactive ketones (excluding diaryl/α,β-unsaturated/α-hetero) is 2. The molecule has 5 aromatic carbocycles. The summed E-state index contributed by atoms with van der Waals surface area (Å²) in [6.07, 6.45) is 0.0334. The molecule has 0 unspecified atom stereocenters. The van der Waals surface area contributed by atoms with Crippen LogP contribution in [0.4, 0.5) is 0 Å². The molecular formula is C36H28O4. The van der Waals surface area contributed by atoms with Crippen molar-refractivity contribution in [3.63, 3.8) is 0 Å². The number of carbonyl (C=O) groups excluding carboxylic acids is 2. The highest BCUT2D eigenvalue weighted by Crippen LogP contribution is 2.31. The average molecular weight is 525 g/mol. The maximum absolute atomic E-state index is 13.4. The van der Waals surface area contributed by atoms with Gasteiger partial charge in [-0.1, -0.05) is 127 Å². The summed E-state index contributed by atoms with van der Waals surface area (Å²) in [7, 11) is 0. The number of ketones is 2. The van der Waals surface area contributed by atoms with Crippen molar-refractivity contribution in [2.75, 3.05) is 0 Å². The molecule has 0 atom stereocenters. The summed E-state index contributed by atoms with van der Waals surface area (Å²) in [4.78, 5) is 38.8. The van der Waals surface area contributed by atoms with Gasteiger partial charge in [-0.15, -0.1) is 0 Å². The van der Waals surface area contributed by atoms with E-state index in [1.807, 2.05) is 84.9 Å². The van der Waals surface area contributed by atoms with E-state index >= 15 is 0 Å². The second-order valence-electron chi connectivity index (χ2n) is 9.73. The number of rotatable bonds is 10. The van der Waals surface area contributed by atoms with Gasteiger partial charge in [-0.2, -0.15) is 0 Å². The number of benzene rings is 5. The molecule has 0 amide bonds. The molecule has 0 heterocycles. The Morgan fingerprint density at radius 3 is 1.27 bits per heavy atom. The highest BCUT2D eigenvalue weighted by atomic mass is 16.4. The standard InChI is InChI=1S/C36H28O4/c37-34(29-19-15-27(16-20-29)25-9-3-1-4-10-25)23-31(32-13-7-8-14-33(32)36(39)40)24-35(38)30-21-17-28(18-22-30)26-11-5-2-6-12-26/h1-22,31H,23-24H2,(H,39,40). The molecule has 4 heteroatoms. The van der Waals surface area contributed by atoms with Gasteiger partial charge in [0.05, 0.1) is 5.56 Å². The second kappa shape index (κ2) is 12.2. The Morgan fingerprint density at radius 2 is 0.850 bits per heavy atom. The van der Waals surface area contributed by atoms with Crippen molar-refractivity contribution in [3.05, 3.63) is 156 Å². The predicted octanol–water partition coefficient (Wildman–Crippen LogP) is 8.35. The van der Waals surface area contributed by atoms with Crippen molar-refractivity contribution < 1.29 is 19.5 Å². The van der Waals surface area contributed by atoms with Gasteiger partial charge in [0, 0.05) is 24.0 Å². The number of carboxylic acid groups (broad SMARTS) is 1. The highest BCUT2D eigenvalue weighted by molar-refractivity contribution is 6.00. The van der Waals surface area contributed by atoms with Gasteiger partial charge in [0.25, 0.3) is 0 Å². The molecule has 0 fully saturated rings. The monoisotopic (exact) mass is 524 g/mol. The van der Waals surface area contributed by atoms with Crippen molar-refractivity contribution >= 4 is 17.5 Å². The molecule has 4 nitrogen and oxygen atoms in total. The van der Waals surface area contributed by atoms with E-state index in [0.717, 1.165) is 22.3 Å². The van der Waals surface area contributed by atoms with E-state index in [0.29, 0.717) is 16.7 Å². The zero-order chi connectivity index (χ0) is 27.9. The van der Waals surface area contributed by atoms with E-state index in [-0.39, 0.29) is 30.0 Å². The van der Waals surface area contributed by atoms with E-state index in [2.05, 4.69) is 0 Å². The van der Waals surface area contributed by atoms with Crippen molar-refractivity contribution in [2.24, 2.45) is 0 Å². The molecule has 196 valence electrons. The van der Waals surface area contributed by atoms with E-state index in [9.17, 15) is 19.5 Å². The zero-order valence-electron chi connectivity index (χ0n) is 21.9. The number of hydrogen-bond acceptors (Lipinski definition) is 3. The van der Waals surface area contributed by atoms with E-state index in [4.69, 9.17) is 0 Å². The molecule has 0 saturated heterocycles. The molecule has 40 heavy (non-hydrogen) atoms. The van der Waals surface area contributed by atoms with Crippen LogP contribution >= 0.6 is 0 Å². The van der Waals surface area contributed by atoms with Crippen LogP contribution < -0.4 is 0 Å². The maximum atomic E-state index is 13.4. The number of aromatic carboxylic acids is 1. The van der Waals surface area contributed by atoms with Crippen LogP contribution in [0.25, 0.3) is 22.3 Å². The van der Waals surface area contributed by atoms with Crippen LogP contribution in [-0.2, 0) is 0 Å². The maximum Gasteiger partial charge on any atom is 0.335 e. The Morgan fingerprint density at radius 1 is 0.475 bits per heavy atom. The number of hydrogen-bond donors (Lipinski definition) is 1. The van der Waals surface area contributed by atoms with E-state index in [1.165, 1.54) is 6.07 Å². The summed E-state index contributed by atoms with van der Waals surface area (Å²) in [5.74, 6) is -1.95. The first-order chi connectivity index (χ1) is 19.5. The molecule has 0 aliphatic rings. The fraction of sp³-hybridized carbons (Fsp3) is 0.0833. The molecule has 0 spiro atoms. The SMILES string of the molecule is O=C(CC(CC(=O)c1ccc(-c2ccccc2)cc1)c1ccccc1C(=O)O)c1ccc(-c2ccccc2)cc1. The van der Waals surface area contributed by atoms with Crippen LogP contribution in [0, 0.1) is 0 Å². The predicted molar refractivity (Wildman–Crippen MR) is 158 cm³/mol. The van der Waals surface area contributed by atoms with Crippen LogP contribution in [0.5, 0.6) is 0 Å². The largest absolute Gasteiger partial charge is 0.478 e. The van der Waals surface area contributed by atoms with Gasteiger partial charge in [-0.3, -0.25) is 9.59 Å². The van der Waals surface area contributed by atoms with Crippen molar-refractivity contribution in [1.82, 2.24) is 0 Å². The Kier molecular flexibility index (Phi) is 8.07. The molecule has 1 N–H and O–H groups in total. The molecule has 0 aliphatic heterocycles. The van der Waals surface area contributed by atoms with E-state index < -0.39 is 11.9 Å². The summed E-state index contributed by atoms with van der Waals surface area (Å²) >= 11 is 0.